The number of anilines is 1. The van der Waals surface area contributed by atoms with E-state index in [1.165, 1.54) is 18.2 Å². The van der Waals surface area contributed by atoms with Gasteiger partial charge in [0.1, 0.15) is 17.9 Å². The van der Waals surface area contributed by atoms with Gasteiger partial charge in [-0.05, 0) is 59.5 Å². The summed E-state index contributed by atoms with van der Waals surface area (Å²) < 4.78 is 6.05. The van der Waals surface area contributed by atoms with Gasteiger partial charge in [-0.15, -0.1) is 0 Å². The summed E-state index contributed by atoms with van der Waals surface area (Å²) in [6.45, 7) is 3.69. The van der Waals surface area contributed by atoms with Gasteiger partial charge in [-0.1, -0.05) is 54.6 Å². The van der Waals surface area contributed by atoms with Gasteiger partial charge in [0, 0.05) is 17.7 Å². The number of urea groups is 1. The van der Waals surface area contributed by atoms with E-state index in [4.69, 9.17) is 4.74 Å². The molecule has 1 heterocycles. The second-order valence-corrected chi connectivity index (χ2v) is 9.09. The number of nitrogens with one attached hydrogen (secondary N) is 1. The molecule has 0 spiro atoms. The van der Waals surface area contributed by atoms with E-state index in [0.717, 1.165) is 26.8 Å². The lowest BCUT2D eigenvalue weighted by Gasteiger charge is -2.28. The van der Waals surface area contributed by atoms with Crippen LogP contribution in [0.3, 0.4) is 0 Å². The van der Waals surface area contributed by atoms with Crippen molar-refractivity contribution in [2.24, 2.45) is 0 Å². The fourth-order valence-corrected chi connectivity index (χ4v) is 4.47. The van der Waals surface area contributed by atoms with Crippen LogP contribution in [0.25, 0.3) is 16.8 Å². The Hall–Kier alpha value is -5.31. The minimum Gasteiger partial charge on any atom is -0.488 e. The van der Waals surface area contributed by atoms with E-state index in [1.54, 1.807) is 37.3 Å². The van der Waals surface area contributed by atoms with Crippen LogP contribution in [-0.4, -0.2) is 22.8 Å². The Balaban J connectivity index is 1.58. The molecule has 4 aromatic rings. The highest BCUT2D eigenvalue weighted by atomic mass is 16.6. The Morgan fingerprint density at radius 3 is 2.51 bits per heavy atom. The van der Waals surface area contributed by atoms with Crippen LogP contribution in [0.15, 0.2) is 84.4 Å². The van der Waals surface area contributed by atoms with Crippen LogP contribution in [0.1, 0.15) is 22.3 Å². The van der Waals surface area contributed by atoms with Crippen LogP contribution in [0.4, 0.5) is 16.2 Å². The van der Waals surface area contributed by atoms with Crippen LogP contribution >= 0.6 is 0 Å². The summed E-state index contributed by atoms with van der Waals surface area (Å²) in [7, 11) is 0. The number of non-ortho nitro benzene ring substituents is 1. The number of benzene rings is 4. The van der Waals surface area contributed by atoms with Crippen molar-refractivity contribution in [3.8, 4) is 5.75 Å². The van der Waals surface area contributed by atoms with E-state index in [2.05, 4.69) is 5.32 Å². The average molecular weight is 522 g/mol. The molecule has 1 N–H and O–H groups in total. The summed E-state index contributed by atoms with van der Waals surface area (Å²) >= 11 is 0. The number of aryl methyl sites for hydroxylation is 1. The van der Waals surface area contributed by atoms with Crippen LogP contribution < -0.4 is 15.0 Å². The van der Waals surface area contributed by atoms with Crippen molar-refractivity contribution >= 4 is 46.1 Å². The lowest BCUT2D eigenvalue weighted by molar-refractivity contribution is -0.384. The fraction of sp³-hybridized carbons (Fsp3) is 0.100. The Bertz CT molecular complexity index is 1710. The van der Waals surface area contributed by atoms with Crippen molar-refractivity contribution in [1.29, 1.82) is 0 Å². The van der Waals surface area contributed by atoms with Crippen molar-refractivity contribution in [1.82, 2.24) is 5.32 Å². The molecular weight excluding hydrogens is 498 g/mol. The number of imide groups is 2. The number of hydrogen-bond donors (Lipinski definition) is 1. The molecule has 194 valence electrons. The highest BCUT2D eigenvalue weighted by Gasteiger charge is 2.37. The predicted molar refractivity (Wildman–Crippen MR) is 146 cm³/mol. The molecule has 9 heteroatoms. The number of nitro groups is 1. The number of ether oxygens (including phenoxy) is 1. The van der Waals surface area contributed by atoms with Crippen molar-refractivity contribution in [3.05, 3.63) is 117 Å². The third-order valence-electron chi connectivity index (χ3n) is 6.65. The van der Waals surface area contributed by atoms with Gasteiger partial charge in [0.05, 0.1) is 10.6 Å². The maximum absolute atomic E-state index is 13.6. The van der Waals surface area contributed by atoms with Crippen LogP contribution in [-0.2, 0) is 16.2 Å². The molecule has 0 saturated carbocycles. The van der Waals surface area contributed by atoms with Gasteiger partial charge in [0.15, 0.2) is 0 Å². The van der Waals surface area contributed by atoms with E-state index in [0.29, 0.717) is 22.6 Å². The van der Waals surface area contributed by atoms with Gasteiger partial charge in [-0.2, -0.15) is 0 Å². The van der Waals surface area contributed by atoms with Gasteiger partial charge in [0.2, 0.25) is 0 Å². The monoisotopic (exact) mass is 521 g/mol. The first-order chi connectivity index (χ1) is 18.7. The van der Waals surface area contributed by atoms with E-state index < -0.39 is 22.8 Å². The summed E-state index contributed by atoms with van der Waals surface area (Å²) in [5.74, 6) is -1.21. The van der Waals surface area contributed by atoms with Gasteiger partial charge >= 0.3 is 6.03 Å². The molecule has 1 saturated heterocycles. The SMILES string of the molecule is Cc1cccc(N2C(=O)NC(=O)/C(=C\c3c(OCc4cccc([N+](=O)[O-])c4)ccc4ccccc34)C2=O)c1C. The van der Waals surface area contributed by atoms with Crippen molar-refractivity contribution in [3.63, 3.8) is 0 Å². The largest absolute Gasteiger partial charge is 0.488 e. The summed E-state index contributed by atoms with van der Waals surface area (Å²) in [6, 6.07) is 21.5. The standard InChI is InChI=1S/C30H23N3O6/c1-18-7-5-12-26(19(18)2)32-29(35)25(28(34)31-30(32)36)16-24-23-11-4-3-9-21(23)13-14-27(24)39-17-20-8-6-10-22(15-20)33(37)38/h3-16H,17H2,1-2H3,(H,31,34,36)/b25-16+. The molecule has 39 heavy (non-hydrogen) atoms. The molecule has 0 atom stereocenters. The number of nitro benzene ring substituents is 1. The quantitative estimate of drug-likeness (QED) is 0.152. The normalized spacial score (nSPS) is 14.6. The topological polar surface area (TPSA) is 119 Å². The van der Waals surface area contributed by atoms with Crippen molar-refractivity contribution < 1.29 is 24.0 Å². The molecule has 1 fully saturated rings. The molecule has 0 unspecified atom stereocenters. The Kier molecular flexibility index (Phi) is 6.64. The lowest BCUT2D eigenvalue weighted by Crippen LogP contribution is -2.54. The average Bonchev–Trinajstić information content (AvgIpc) is 2.92. The maximum Gasteiger partial charge on any atom is 0.335 e. The Morgan fingerprint density at radius 1 is 0.949 bits per heavy atom. The number of carbonyl (C=O) groups is 3. The zero-order chi connectivity index (χ0) is 27.7. The first kappa shape index (κ1) is 25.3. The van der Waals surface area contributed by atoms with E-state index >= 15 is 0 Å². The molecule has 0 radical (unpaired) electrons. The Labute approximate surface area is 223 Å². The van der Waals surface area contributed by atoms with E-state index in [1.807, 2.05) is 43.3 Å². The molecule has 0 aliphatic carbocycles. The molecule has 1 aliphatic heterocycles. The summed E-state index contributed by atoms with van der Waals surface area (Å²) in [5.41, 5.74) is 2.77. The highest BCUT2D eigenvalue weighted by molar-refractivity contribution is 6.39. The van der Waals surface area contributed by atoms with Crippen LogP contribution in [0.5, 0.6) is 5.75 Å². The molecule has 9 nitrogen and oxygen atoms in total. The minimum atomic E-state index is -0.823. The molecule has 4 amide bonds. The molecule has 0 aromatic heterocycles. The van der Waals surface area contributed by atoms with Gasteiger partial charge in [-0.25, -0.2) is 9.69 Å². The smallest absolute Gasteiger partial charge is 0.335 e. The first-order valence-corrected chi connectivity index (χ1v) is 12.1. The maximum atomic E-state index is 13.6. The summed E-state index contributed by atoms with van der Waals surface area (Å²) in [5, 5.41) is 15.0. The molecular formula is C30H23N3O6. The lowest BCUT2D eigenvalue weighted by atomic mass is 9.99. The van der Waals surface area contributed by atoms with Crippen LogP contribution in [0.2, 0.25) is 0 Å². The van der Waals surface area contributed by atoms with Crippen molar-refractivity contribution in [2.45, 2.75) is 20.5 Å². The third-order valence-corrected chi connectivity index (χ3v) is 6.65. The predicted octanol–water partition coefficient (Wildman–Crippen LogP) is 5.61. The summed E-state index contributed by atoms with van der Waals surface area (Å²) in [4.78, 5) is 50.9. The third kappa shape index (κ3) is 4.85. The number of carbonyl (C=O) groups excluding carboxylic acids is 3. The number of barbiturate groups is 1. The van der Waals surface area contributed by atoms with E-state index in [-0.39, 0.29) is 17.9 Å². The highest BCUT2D eigenvalue weighted by Crippen LogP contribution is 2.33. The zero-order valence-corrected chi connectivity index (χ0v) is 21.1. The van der Waals surface area contributed by atoms with E-state index in [9.17, 15) is 24.5 Å². The number of hydrogen-bond acceptors (Lipinski definition) is 6. The second kappa shape index (κ2) is 10.2. The second-order valence-electron chi connectivity index (χ2n) is 9.09. The van der Waals surface area contributed by atoms with Crippen LogP contribution in [0, 0.1) is 24.0 Å². The summed E-state index contributed by atoms with van der Waals surface area (Å²) in [6.07, 6.45) is 1.42. The number of nitrogens with zero attached hydrogens (tertiary/aromatic N) is 2. The van der Waals surface area contributed by atoms with Gasteiger partial charge in [0.25, 0.3) is 17.5 Å². The molecule has 4 aromatic carbocycles. The number of rotatable bonds is 6. The minimum absolute atomic E-state index is 0.0173. The number of fused-ring (bicyclic) bond motifs is 1. The van der Waals surface area contributed by atoms with Gasteiger partial charge in [-0.3, -0.25) is 25.0 Å². The van der Waals surface area contributed by atoms with Crippen molar-refractivity contribution in [2.75, 3.05) is 4.90 Å². The fourth-order valence-electron chi connectivity index (χ4n) is 4.47. The molecule has 5 rings (SSSR count). The van der Waals surface area contributed by atoms with Gasteiger partial charge < -0.3 is 4.74 Å². The molecule has 0 bridgehead atoms. The zero-order valence-electron chi connectivity index (χ0n) is 21.1. The number of amides is 4. The first-order valence-electron chi connectivity index (χ1n) is 12.1. The molecule has 1 aliphatic rings. The Morgan fingerprint density at radius 2 is 1.72 bits per heavy atom.